The fourth-order valence-corrected chi connectivity index (χ4v) is 3.89. The largest absolute Gasteiger partial charge is 0.311 e. The Morgan fingerprint density at radius 2 is 2.10 bits per heavy atom. The van der Waals surface area contributed by atoms with Gasteiger partial charge >= 0.3 is 0 Å². The zero-order valence-corrected chi connectivity index (χ0v) is 13.0. The molecule has 1 aromatic rings. The third-order valence-corrected chi connectivity index (χ3v) is 5.62. The molecule has 1 saturated carbocycles. The van der Waals surface area contributed by atoms with Crippen LogP contribution in [-0.2, 0) is 6.54 Å². The number of nitro benzene ring substituents is 1. The van der Waals surface area contributed by atoms with E-state index >= 15 is 0 Å². The first-order chi connectivity index (χ1) is 10.1. The summed E-state index contributed by atoms with van der Waals surface area (Å²) in [6, 6.07) is 3.61. The van der Waals surface area contributed by atoms with Gasteiger partial charge in [0.05, 0.1) is 4.92 Å². The number of hydrogen-bond acceptors (Lipinski definition) is 4. The summed E-state index contributed by atoms with van der Waals surface area (Å²) < 4.78 is 13.5. The summed E-state index contributed by atoms with van der Waals surface area (Å²) >= 11 is 1.87. The first-order valence-corrected chi connectivity index (χ1v) is 8.47. The Kier molecular flexibility index (Phi) is 5.58. The highest BCUT2D eigenvalue weighted by atomic mass is 32.2. The average Bonchev–Trinajstić information content (AvgIpc) is 2.48. The first-order valence-electron chi connectivity index (χ1n) is 7.25. The molecule has 0 aromatic heterocycles. The van der Waals surface area contributed by atoms with Crippen molar-refractivity contribution in [3.63, 3.8) is 0 Å². The van der Waals surface area contributed by atoms with Gasteiger partial charge in [-0.1, -0.05) is 19.3 Å². The van der Waals surface area contributed by atoms with Crippen LogP contribution in [0.25, 0.3) is 0 Å². The van der Waals surface area contributed by atoms with Gasteiger partial charge in [0.2, 0.25) is 0 Å². The molecule has 6 heteroatoms. The van der Waals surface area contributed by atoms with E-state index in [0.717, 1.165) is 12.6 Å². The summed E-state index contributed by atoms with van der Waals surface area (Å²) in [4.78, 5) is 10.5. The molecule has 2 rings (SSSR count). The van der Waals surface area contributed by atoms with Crippen molar-refractivity contribution in [2.75, 3.05) is 12.8 Å². The van der Waals surface area contributed by atoms with Gasteiger partial charge in [0.15, 0.2) is 0 Å². The molecule has 0 spiro atoms. The second-order valence-corrected chi connectivity index (χ2v) is 6.86. The zero-order valence-electron chi connectivity index (χ0n) is 12.2. The molecular formula is C15H21FN2O2S. The lowest BCUT2D eigenvalue weighted by atomic mass is 9.88. The van der Waals surface area contributed by atoms with E-state index in [-0.39, 0.29) is 10.4 Å². The van der Waals surface area contributed by atoms with E-state index < -0.39 is 10.7 Å². The van der Waals surface area contributed by atoms with Gasteiger partial charge in [-0.15, -0.1) is 0 Å². The average molecular weight is 312 g/mol. The van der Waals surface area contributed by atoms with Crippen molar-refractivity contribution in [2.45, 2.75) is 43.4 Å². The van der Waals surface area contributed by atoms with Crippen molar-refractivity contribution in [3.8, 4) is 0 Å². The molecule has 0 bridgehead atoms. The van der Waals surface area contributed by atoms with Crippen LogP contribution in [0.2, 0.25) is 0 Å². The molecule has 0 radical (unpaired) electrons. The molecule has 1 aliphatic carbocycles. The second kappa shape index (κ2) is 7.22. The minimum absolute atomic E-state index is 0.0225. The van der Waals surface area contributed by atoms with Gasteiger partial charge in [-0.25, -0.2) is 4.39 Å². The maximum absolute atomic E-state index is 13.3. The molecule has 1 aliphatic rings. The molecule has 116 valence electrons. The number of nitro groups is 1. The highest BCUT2D eigenvalue weighted by Crippen LogP contribution is 2.38. The van der Waals surface area contributed by atoms with Crippen LogP contribution in [0.1, 0.15) is 37.7 Å². The van der Waals surface area contributed by atoms with E-state index in [1.54, 1.807) is 0 Å². The normalized spacial score (nSPS) is 17.6. The number of benzene rings is 1. The van der Waals surface area contributed by atoms with Crippen molar-refractivity contribution >= 4 is 17.4 Å². The molecule has 0 saturated heterocycles. The summed E-state index contributed by atoms with van der Waals surface area (Å²) in [5.74, 6) is -0.436. The fourth-order valence-electron chi connectivity index (χ4n) is 2.95. The van der Waals surface area contributed by atoms with Crippen molar-refractivity contribution in [3.05, 3.63) is 39.7 Å². The summed E-state index contributed by atoms with van der Waals surface area (Å²) in [5, 5.41) is 14.3. The van der Waals surface area contributed by atoms with E-state index in [9.17, 15) is 14.5 Å². The minimum atomic E-state index is -0.457. The lowest BCUT2D eigenvalue weighted by Crippen LogP contribution is -2.39. The minimum Gasteiger partial charge on any atom is -0.311 e. The maximum atomic E-state index is 13.3. The van der Waals surface area contributed by atoms with Crippen LogP contribution in [0.5, 0.6) is 0 Å². The molecule has 21 heavy (non-hydrogen) atoms. The SMILES string of the molecule is CSC1(CNCc2cc(F)ccc2[N+](=O)[O-])CCCCC1. The molecule has 1 N–H and O–H groups in total. The van der Waals surface area contributed by atoms with Crippen LogP contribution in [0.3, 0.4) is 0 Å². The predicted octanol–water partition coefficient (Wildman–Crippen LogP) is 3.89. The Hall–Kier alpha value is -1.14. The molecule has 1 fully saturated rings. The lowest BCUT2D eigenvalue weighted by molar-refractivity contribution is -0.385. The molecule has 4 nitrogen and oxygen atoms in total. The highest BCUT2D eigenvalue weighted by molar-refractivity contribution is 8.00. The van der Waals surface area contributed by atoms with E-state index in [2.05, 4.69) is 11.6 Å². The van der Waals surface area contributed by atoms with Gasteiger partial charge in [-0.05, 0) is 31.2 Å². The Bertz CT molecular complexity index is 504. The molecule has 0 unspecified atom stereocenters. The van der Waals surface area contributed by atoms with Crippen LogP contribution >= 0.6 is 11.8 Å². The van der Waals surface area contributed by atoms with Crippen molar-refractivity contribution < 1.29 is 9.31 Å². The Morgan fingerprint density at radius 1 is 1.38 bits per heavy atom. The van der Waals surface area contributed by atoms with Crippen molar-refractivity contribution in [1.82, 2.24) is 5.32 Å². The molecular weight excluding hydrogens is 291 g/mol. The molecule has 0 amide bonds. The zero-order chi connectivity index (χ0) is 15.3. The van der Waals surface area contributed by atoms with E-state index in [0.29, 0.717) is 12.1 Å². The lowest BCUT2D eigenvalue weighted by Gasteiger charge is -2.36. The summed E-state index contributed by atoms with van der Waals surface area (Å²) in [7, 11) is 0. The predicted molar refractivity (Wildman–Crippen MR) is 84.1 cm³/mol. The van der Waals surface area contributed by atoms with Gasteiger partial charge in [-0.3, -0.25) is 10.1 Å². The van der Waals surface area contributed by atoms with E-state index in [4.69, 9.17) is 0 Å². The van der Waals surface area contributed by atoms with Crippen LogP contribution in [0.4, 0.5) is 10.1 Å². The van der Waals surface area contributed by atoms with Crippen LogP contribution < -0.4 is 5.32 Å². The van der Waals surface area contributed by atoms with E-state index in [1.165, 1.54) is 44.2 Å². The fraction of sp³-hybridized carbons (Fsp3) is 0.600. The third kappa shape index (κ3) is 4.17. The number of nitrogens with one attached hydrogen (secondary N) is 1. The van der Waals surface area contributed by atoms with Crippen LogP contribution in [0.15, 0.2) is 18.2 Å². The molecule has 0 heterocycles. The number of rotatable bonds is 6. The summed E-state index contributed by atoms with van der Waals surface area (Å²) in [6.45, 7) is 1.14. The van der Waals surface area contributed by atoms with E-state index in [1.807, 2.05) is 11.8 Å². The Balaban J connectivity index is 1.99. The number of halogens is 1. The number of hydrogen-bond donors (Lipinski definition) is 1. The van der Waals surface area contributed by atoms with Gasteiger partial charge in [0, 0.05) is 29.5 Å². The topological polar surface area (TPSA) is 55.2 Å². The van der Waals surface area contributed by atoms with Crippen molar-refractivity contribution in [1.29, 1.82) is 0 Å². The molecule has 1 aromatic carbocycles. The van der Waals surface area contributed by atoms with Gasteiger partial charge < -0.3 is 5.32 Å². The second-order valence-electron chi connectivity index (χ2n) is 5.58. The summed E-state index contributed by atoms with van der Waals surface area (Å²) in [6.07, 6.45) is 8.24. The maximum Gasteiger partial charge on any atom is 0.274 e. The number of nitrogens with zero attached hydrogens (tertiary/aromatic N) is 1. The standard InChI is InChI=1S/C15H21FN2O2S/c1-21-15(7-3-2-4-8-15)11-17-10-12-9-13(16)5-6-14(12)18(19)20/h5-6,9,17H,2-4,7-8,10-11H2,1H3. The Morgan fingerprint density at radius 3 is 2.71 bits per heavy atom. The monoisotopic (exact) mass is 312 g/mol. The van der Waals surface area contributed by atoms with Crippen molar-refractivity contribution in [2.24, 2.45) is 0 Å². The quantitative estimate of drug-likeness (QED) is 0.639. The molecule has 0 atom stereocenters. The summed E-state index contributed by atoms with van der Waals surface area (Å²) in [5.41, 5.74) is 0.387. The Labute approximate surface area is 128 Å². The number of thioether (sulfide) groups is 1. The van der Waals surface area contributed by atoms with Crippen LogP contribution in [-0.4, -0.2) is 22.5 Å². The third-order valence-electron chi connectivity index (χ3n) is 4.20. The first kappa shape index (κ1) is 16.2. The van der Waals surface area contributed by atoms with Gasteiger partial charge in [0.1, 0.15) is 5.82 Å². The van der Waals surface area contributed by atoms with Crippen LogP contribution in [0, 0.1) is 15.9 Å². The molecule has 0 aliphatic heterocycles. The van der Waals surface area contributed by atoms with Gasteiger partial charge in [-0.2, -0.15) is 11.8 Å². The van der Waals surface area contributed by atoms with Gasteiger partial charge in [0.25, 0.3) is 5.69 Å². The highest BCUT2D eigenvalue weighted by Gasteiger charge is 2.30. The smallest absolute Gasteiger partial charge is 0.274 e.